The van der Waals surface area contributed by atoms with Gasteiger partial charge in [0, 0.05) is 31.2 Å². The van der Waals surface area contributed by atoms with Gasteiger partial charge >= 0.3 is 0 Å². The zero-order valence-corrected chi connectivity index (χ0v) is 12.7. The van der Waals surface area contributed by atoms with Gasteiger partial charge < -0.3 is 14.6 Å². The molecule has 0 atom stereocenters. The summed E-state index contributed by atoms with van der Waals surface area (Å²) in [5.74, 6) is 0.170. The Morgan fingerprint density at radius 2 is 2.14 bits per heavy atom. The van der Waals surface area contributed by atoms with Gasteiger partial charge in [-0.1, -0.05) is 11.6 Å². The van der Waals surface area contributed by atoms with Gasteiger partial charge in [0.1, 0.15) is 17.4 Å². The zero-order chi connectivity index (χ0) is 15.6. The van der Waals surface area contributed by atoms with Crippen LogP contribution in [0.25, 0.3) is 10.9 Å². The molecule has 108 valence electrons. The van der Waals surface area contributed by atoms with E-state index in [1.54, 1.807) is 37.2 Å². The molecule has 0 saturated carbocycles. The van der Waals surface area contributed by atoms with Crippen LogP contribution in [0, 0.1) is 11.3 Å². The van der Waals surface area contributed by atoms with E-state index in [0.717, 1.165) is 5.39 Å². The van der Waals surface area contributed by atoms with Crippen molar-refractivity contribution < 1.29 is 9.53 Å². The lowest BCUT2D eigenvalue weighted by atomic mass is 10.1. The van der Waals surface area contributed by atoms with E-state index in [9.17, 15) is 4.79 Å². The molecular formula is C15H14ClN3O2. The number of nitriles is 1. The molecule has 0 aliphatic rings. The summed E-state index contributed by atoms with van der Waals surface area (Å²) >= 11 is 6.05. The summed E-state index contributed by atoms with van der Waals surface area (Å²) in [5.41, 5.74) is 1.11. The fraction of sp³-hybridized carbons (Fsp3) is 0.200. The maximum absolute atomic E-state index is 12.3. The first-order valence-electron chi connectivity index (χ1n) is 6.15. The Morgan fingerprint density at radius 3 is 2.71 bits per heavy atom. The van der Waals surface area contributed by atoms with E-state index in [1.165, 1.54) is 13.3 Å². The number of hydrogen-bond donors (Lipinski definition) is 1. The number of Topliss-reactive ketones (excluding diaryl/α,β-unsaturated/α-hetero) is 1. The van der Waals surface area contributed by atoms with Crippen molar-refractivity contribution in [2.75, 3.05) is 21.2 Å². The van der Waals surface area contributed by atoms with E-state index in [4.69, 9.17) is 21.6 Å². The minimum Gasteiger partial charge on any atom is -0.495 e. The molecule has 6 heteroatoms. The highest BCUT2D eigenvalue weighted by Gasteiger charge is 2.16. The standard InChI is InChI=1S/C15H14ClN3O2/c1-19(2)8-10(7-17)15(20)13-4-9-5-14(21-3)11(16)6-12(9)18-13/h4-6,8,18H,1-3H3. The summed E-state index contributed by atoms with van der Waals surface area (Å²) in [6, 6.07) is 7.02. The number of ether oxygens (including phenoxy) is 1. The lowest BCUT2D eigenvalue weighted by molar-refractivity contribution is 0.103. The smallest absolute Gasteiger partial charge is 0.221 e. The topological polar surface area (TPSA) is 69.1 Å². The Kier molecular flexibility index (Phi) is 4.20. The van der Waals surface area contributed by atoms with Gasteiger partial charge in [-0.3, -0.25) is 4.79 Å². The summed E-state index contributed by atoms with van der Waals surface area (Å²) in [4.78, 5) is 16.9. The molecule has 1 aromatic heterocycles. The molecule has 0 unspecified atom stereocenters. The number of carbonyl (C=O) groups is 1. The van der Waals surface area contributed by atoms with Gasteiger partial charge in [-0.25, -0.2) is 0 Å². The SMILES string of the molecule is COc1cc2cc(C(=O)C(C#N)=CN(C)C)[nH]c2cc1Cl. The van der Waals surface area contributed by atoms with E-state index in [2.05, 4.69) is 4.98 Å². The molecule has 0 saturated heterocycles. The molecule has 1 N–H and O–H groups in total. The van der Waals surface area contributed by atoms with Crippen molar-refractivity contribution in [1.82, 2.24) is 9.88 Å². The number of nitrogens with zero attached hydrogens (tertiary/aromatic N) is 2. The van der Waals surface area contributed by atoms with Gasteiger partial charge in [0.15, 0.2) is 0 Å². The van der Waals surface area contributed by atoms with Crippen LogP contribution in [-0.2, 0) is 0 Å². The van der Waals surface area contributed by atoms with Crippen molar-refractivity contribution in [1.29, 1.82) is 5.26 Å². The number of aromatic amines is 1. The second-order valence-corrected chi connectivity index (χ2v) is 5.11. The fourth-order valence-corrected chi connectivity index (χ4v) is 2.19. The Morgan fingerprint density at radius 1 is 1.43 bits per heavy atom. The van der Waals surface area contributed by atoms with Gasteiger partial charge in [-0.15, -0.1) is 0 Å². The number of methoxy groups -OCH3 is 1. The molecule has 21 heavy (non-hydrogen) atoms. The van der Waals surface area contributed by atoms with Crippen LogP contribution >= 0.6 is 11.6 Å². The van der Waals surface area contributed by atoms with Crippen LogP contribution in [0.3, 0.4) is 0 Å². The van der Waals surface area contributed by atoms with E-state index >= 15 is 0 Å². The van der Waals surface area contributed by atoms with Crippen molar-refractivity contribution in [2.24, 2.45) is 0 Å². The van der Waals surface area contributed by atoms with Gasteiger partial charge in [0.25, 0.3) is 0 Å². The van der Waals surface area contributed by atoms with Crippen LogP contribution < -0.4 is 4.74 Å². The summed E-state index contributed by atoms with van der Waals surface area (Å²) in [6.45, 7) is 0. The first-order chi connectivity index (χ1) is 9.96. The summed E-state index contributed by atoms with van der Waals surface area (Å²) in [6.07, 6.45) is 1.49. The number of halogens is 1. The molecule has 0 fully saturated rings. The number of carbonyl (C=O) groups excluding carboxylic acids is 1. The van der Waals surface area contributed by atoms with Crippen LogP contribution in [-0.4, -0.2) is 36.9 Å². The normalized spacial score (nSPS) is 11.3. The lowest BCUT2D eigenvalue weighted by Crippen LogP contribution is -2.09. The van der Waals surface area contributed by atoms with E-state index in [-0.39, 0.29) is 11.4 Å². The molecular weight excluding hydrogens is 290 g/mol. The van der Waals surface area contributed by atoms with Crippen LogP contribution in [0.2, 0.25) is 5.02 Å². The monoisotopic (exact) mass is 303 g/mol. The van der Waals surface area contributed by atoms with Gasteiger partial charge in [-0.2, -0.15) is 5.26 Å². The van der Waals surface area contributed by atoms with Gasteiger partial charge in [0.05, 0.1) is 17.8 Å². The molecule has 0 radical (unpaired) electrons. The number of hydrogen-bond acceptors (Lipinski definition) is 4. The Bertz CT molecular complexity index is 769. The van der Waals surface area contributed by atoms with E-state index in [1.807, 2.05) is 6.07 Å². The molecule has 5 nitrogen and oxygen atoms in total. The molecule has 1 aromatic carbocycles. The number of benzene rings is 1. The maximum Gasteiger partial charge on any atom is 0.221 e. The lowest BCUT2D eigenvalue weighted by Gasteiger charge is -2.04. The number of fused-ring (bicyclic) bond motifs is 1. The summed E-state index contributed by atoms with van der Waals surface area (Å²) in [7, 11) is 5.03. The number of ketones is 1. The number of rotatable bonds is 4. The minimum atomic E-state index is -0.363. The van der Waals surface area contributed by atoms with Gasteiger partial charge in [-0.05, 0) is 18.2 Å². The molecule has 1 heterocycles. The van der Waals surface area contributed by atoms with E-state index < -0.39 is 0 Å². The second-order valence-electron chi connectivity index (χ2n) is 4.70. The highest BCUT2D eigenvalue weighted by molar-refractivity contribution is 6.32. The van der Waals surface area contributed by atoms with Gasteiger partial charge in [0.2, 0.25) is 5.78 Å². The molecule has 0 amide bonds. The average molecular weight is 304 g/mol. The van der Waals surface area contributed by atoms with Crippen molar-refractivity contribution in [3.05, 3.63) is 40.7 Å². The molecule has 0 bridgehead atoms. The minimum absolute atomic E-state index is 0.0598. The van der Waals surface area contributed by atoms with Crippen LogP contribution in [0.4, 0.5) is 0 Å². The number of H-pyrrole nitrogens is 1. The van der Waals surface area contributed by atoms with E-state index in [0.29, 0.717) is 22.0 Å². The predicted octanol–water partition coefficient (Wildman–Crippen LogP) is 2.98. The third-order valence-corrected chi connectivity index (χ3v) is 3.19. The van der Waals surface area contributed by atoms with Crippen molar-refractivity contribution >= 4 is 28.3 Å². The number of aromatic nitrogens is 1. The largest absolute Gasteiger partial charge is 0.495 e. The van der Waals surface area contributed by atoms with Crippen molar-refractivity contribution in [3.8, 4) is 11.8 Å². The highest BCUT2D eigenvalue weighted by Crippen LogP contribution is 2.30. The molecule has 0 aliphatic heterocycles. The highest BCUT2D eigenvalue weighted by atomic mass is 35.5. The number of nitrogens with one attached hydrogen (secondary N) is 1. The first kappa shape index (κ1) is 14.9. The zero-order valence-electron chi connectivity index (χ0n) is 11.9. The summed E-state index contributed by atoms with van der Waals surface area (Å²) in [5, 5.41) is 10.3. The molecule has 0 aliphatic carbocycles. The maximum atomic E-state index is 12.3. The van der Waals surface area contributed by atoms with Crippen molar-refractivity contribution in [3.63, 3.8) is 0 Å². The Balaban J connectivity index is 2.48. The average Bonchev–Trinajstić information content (AvgIpc) is 2.85. The predicted molar refractivity (Wildman–Crippen MR) is 81.6 cm³/mol. The fourth-order valence-electron chi connectivity index (χ4n) is 1.95. The Hall–Kier alpha value is -2.45. The van der Waals surface area contributed by atoms with Crippen molar-refractivity contribution in [2.45, 2.75) is 0 Å². The molecule has 0 spiro atoms. The molecule has 2 rings (SSSR count). The second kappa shape index (κ2) is 5.90. The number of allylic oxidation sites excluding steroid dienone is 1. The molecule has 2 aromatic rings. The third-order valence-electron chi connectivity index (χ3n) is 2.89. The Labute approximate surface area is 127 Å². The van der Waals surface area contributed by atoms with Crippen LogP contribution in [0.5, 0.6) is 5.75 Å². The first-order valence-corrected chi connectivity index (χ1v) is 6.53. The quantitative estimate of drug-likeness (QED) is 0.535. The third kappa shape index (κ3) is 3.01. The van der Waals surface area contributed by atoms with Crippen LogP contribution in [0.1, 0.15) is 10.5 Å². The summed E-state index contributed by atoms with van der Waals surface area (Å²) < 4.78 is 5.14. The van der Waals surface area contributed by atoms with Crippen LogP contribution in [0.15, 0.2) is 30.0 Å².